The highest BCUT2D eigenvalue weighted by atomic mass is 35.5. The Morgan fingerprint density at radius 3 is 2.36 bits per heavy atom. The van der Waals surface area contributed by atoms with Gasteiger partial charge in [-0.1, -0.05) is 49.4 Å². The van der Waals surface area contributed by atoms with Crippen molar-refractivity contribution in [3.63, 3.8) is 0 Å². The lowest BCUT2D eigenvalue weighted by molar-refractivity contribution is -0.117. The van der Waals surface area contributed by atoms with Gasteiger partial charge in [-0.2, -0.15) is 0 Å². The van der Waals surface area contributed by atoms with E-state index in [4.69, 9.17) is 23.2 Å². The number of unbranched alkanes of at least 4 members (excludes halogenated alkanes) is 3. The summed E-state index contributed by atoms with van der Waals surface area (Å²) < 4.78 is 0. The molecule has 1 nitrogen and oxygen atoms in total. The number of halogens is 2. The predicted molar refractivity (Wildman–Crippen MR) is 49.3 cm³/mol. The second-order valence-corrected chi connectivity index (χ2v) is 3.67. The number of ketones is 1. The van der Waals surface area contributed by atoms with Gasteiger partial charge in [-0.3, -0.25) is 4.79 Å². The Morgan fingerprint density at radius 1 is 1.27 bits per heavy atom. The zero-order valence-corrected chi connectivity index (χ0v) is 8.29. The van der Waals surface area contributed by atoms with Crippen molar-refractivity contribution >= 4 is 29.0 Å². The lowest BCUT2D eigenvalue weighted by Gasteiger charge is -1.99. The molecule has 0 atom stereocenters. The summed E-state index contributed by atoms with van der Waals surface area (Å²) >= 11 is 10.7. The van der Waals surface area contributed by atoms with Crippen molar-refractivity contribution in [3.05, 3.63) is 0 Å². The zero-order valence-electron chi connectivity index (χ0n) is 6.78. The maximum atomic E-state index is 10.8. The van der Waals surface area contributed by atoms with Crippen molar-refractivity contribution in [1.82, 2.24) is 0 Å². The first kappa shape index (κ1) is 11.2. The molecule has 0 aliphatic carbocycles. The van der Waals surface area contributed by atoms with Crippen LogP contribution < -0.4 is 0 Å². The molecule has 0 saturated heterocycles. The number of carbonyl (C=O) groups is 1. The van der Waals surface area contributed by atoms with Crippen molar-refractivity contribution in [2.45, 2.75) is 43.9 Å². The summed E-state index contributed by atoms with van der Waals surface area (Å²) in [5.74, 6) is -0.0514. The fourth-order valence-corrected chi connectivity index (χ4v) is 1.05. The third kappa shape index (κ3) is 6.64. The summed E-state index contributed by atoms with van der Waals surface area (Å²) in [5, 5.41) is 0. The Bertz CT molecular complexity index is 113. The number of carbonyl (C=O) groups excluding carboxylic acids is 1. The van der Waals surface area contributed by atoms with Gasteiger partial charge < -0.3 is 0 Å². The Morgan fingerprint density at radius 2 is 1.91 bits per heavy atom. The Labute approximate surface area is 78.1 Å². The Kier molecular flexibility index (Phi) is 7.09. The van der Waals surface area contributed by atoms with Crippen molar-refractivity contribution in [2.24, 2.45) is 0 Å². The fraction of sp³-hybridized carbons (Fsp3) is 0.875. The first-order valence-electron chi connectivity index (χ1n) is 3.99. The number of hydrogen-bond acceptors (Lipinski definition) is 1. The van der Waals surface area contributed by atoms with E-state index < -0.39 is 4.84 Å². The van der Waals surface area contributed by atoms with Gasteiger partial charge >= 0.3 is 0 Å². The van der Waals surface area contributed by atoms with E-state index in [1.807, 2.05) is 0 Å². The first-order chi connectivity index (χ1) is 5.18. The van der Waals surface area contributed by atoms with E-state index >= 15 is 0 Å². The molecule has 0 aromatic carbocycles. The molecule has 0 aromatic heterocycles. The lowest BCUT2D eigenvalue weighted by Crippen LogP contribution is -2.06. The van der Waals surface area contributed by atoms with Crippen molar-refractivity contribution in [2.75, 3.05) is 0 Å². The van der Waals surface area contributed by atoms with E-state index in [9.17, 15) is 4.79 Å². The van der Waals surface area contributed by atoms with Gasteiger partial charge in [0, 0.05) is 6.42 Å². The standard InChI is InChI=1S/C8H14Cl2O/c1-2-3-4-5-6-7(11)8(9)10/h8H,2-6H2,1H3. The molecule has 0 aliphatic heterocycles. The van der Waals surface area contributed by atoms with Crippen LogP contribution in [-0.2, 0) is 4.79 Å². The zero-order chi connectivity index (χ0) is 8.69. The molecule has 0 fully saturated rings. The molecule has 0 unspecified atom stereocenters. The molecule has 0 rings (SSSR count). The molecule has 0 heterocycles. The lowest BCUT2D eigenvalue weighted by atomic mass is 10.1. The molecular formula is C8H14Cl2O. The van der Waals surface area contributed by atoms with Gasteiger partial charge in [0.25, 0.3) is 0 Å². The highest BCUT2D eigenvalue weighted by Crippen LogP contribution is 2.10. The van der Waals surface area contributed by atoms with Crippen LogP contribution in [0.4, 0.5) is 0 Å². The van der Waals surface area contributed by atoms with Gasteiger partial charge in [0.2, 0.25) is 0 Å². The summed E-state index contributed by atoms with van der Waals surface area (Å²) in [5.41, 5.74) is 0. The molecule has 0 N–H and O–H groups in total. The molecule has 0 aliphatic rings. The van der Waals surface area contributed by atoms with Crippen LogP contribution >= 0.6 is 23.2 Å². The monoisotopic (exact) mass is 196 g/mol. The topological polar surface area (TPSA) is 17.1 Å². The summed E-state index contributed by atoms with van der Waals surface area (Å²) in [7, 11) is 0. The highest BCUT2D eigenvalue weighted by molar-refractivity contribution is 6.53. The minimum Gasteiger partial charge on any atom is -0.297 e. The van der Waals surface area contributed by atoms with E-state index in [1.54, 1.807) is 0 Å². The minimum atomic E-state index is -0.823. The highest BCUT2D eigenvalue weighted by Gasteiger charge is 2.09. The van der Waals surface area contributed by atoms with Gasteiger partial charge in [0.15, 0.2) is 10.6 Å². The Balaban J connectivity index is 3.18. The SMILES string of the molecule is CCCCCCC(=O)C(Cl)Cl. The van der Waals surface area contributed by atoms with E-state index in [-0.39, 0.29) is 5.78 Å². The third-order valence-corrected chi connectivity index (χ3v) is 2.01. The number of Topliss-reactive ketones (excluding diaryl/α,β-unsaturated/α-hetero) is 1. The number of alkyl halides is 2. The second-order valence-electron chi connectivity index (χ2n) is 2.58. The molecule has 0 aromatic rings. The van der Waals surface area contributed by atoms with Crippen LogP contribution in [0.3, 0.4) is 0 Å². The predicted octanol–water partition coefficient (Wildman–Crippen LogP) is 3.33. The van der Waals surface area contributed by atoms with Crippen molar-refractivity contribution < 1.29 is 4.79 Å². The van der Waals surface area contributed by atoms with Crippen LogP contribution in [0.1, 0.15) is 39.0 Å². The van der Waals surface area contributed by atoms with Crippen LogP contribution in [0.25, 0.3) is 0 Å². The van der Waals surface area contributed by atoms with Gasteiger partial charge in [-0.15, -0.1) is 0 Å². The molecule has 0 radical (unpaired) electrons. The smallest absolute Gasteiger partial charge is 0.165 e. The largest absolute Gasteiger partial charge is 0.297 e. The van der Waals surface area contributed by atoms with Gasteiger partial charge in [-0.25, -0.2) is 0 Å². The quantitative estimate of drug-likeness (QED) is 0.471. The second kappa shape index (κ2) is 6.93. The summed E-state index contributed by atoms with van der Waals surface area (Å²) in [6.45, 7) is 2.13. The molecular weight excluding hydrogens is 183 g/mol. The van der Waals surface area contributed by atoms with E-state index in [1.165, 1.54) is 12.8 Å². The first-order valence-corrected chi connectivity index (χ1v) is 4.86. The molecule has 0 saturated carbocycles. The average molecular weight is 197 g/mol. The third-order valence-electron chi connectivity index (χ3n) is 1.52. The van der Waals surface area contributed by atoms with Crippen LogP contribution in [0.2, 0.25) is 0 Å². The van der Waals surface area contributed by atoms with E-state index in [0.29, 0.717) is 6.42 Å². The molecule has 11 heavy (non-hydrogen) atoms. The van der Waals surface area contributed by atoms with Crippen molar-refractivity contribution in [3.8, 4) is 0 Å². The van der Waals surface area contributed by atoms with Crippen molar-refractivity contribution in [1.29, 1.82) is 0 Å². The van der Waals surface area contributed by atoms with E-state index in [2.05, 4.69) is 6.92 Å². The van der Waals surface area contributed by atoms with Gasteiger partial charge in [0.05, 0.1) is 0 Å². The molecule has 3 heteroatoms. The van der Waals surface area contributed by atoms with Crippen LogP contribution in [0, 0.1) is 0 Å². The number of rotatable bonds is 6. The van der Waals surface area contributed by atoms with Crippen LogP contribution in [0.15, 0.2) is 0 Å². The molecule has 66 valence electrons. The van der Waals surface area contributed by atoms with Crippen LogP contribution in [-0.4, -0.2) is 10.6 Å². The molecule has 0 spiro atoms. The molecule has 0 amide bonds. The van der Waals surface area contributed by atoms with Gasteiger partial charge in [0.1, 0.15) is 0 Å². The van der Waals surface area contributed by atoms with E-state index in [0.717, 1.165) is 12.8 Å². The van der Waals surface area contributed by atoms with Gasteiger partial charge in [-0.05, 0) is 6.42 Å². The minimum absolute atomic E-state index is 0.0514. The Hall–Kier alpha value is 0.250. The normalized spacial score (nSPS) is 10.5. The maximum absolute atomic E-state index is 10.8. The summed E-state index contributed by atoms with van der Waals surface area (Å²) in [4.78, 5) is 10.0. The maximum Gasteiger partial charge on any atom is 0.165 e. The van der Waals surface area contributed by atoms with Crippen LogP contribution in [0.5, 0.6) is 0 Å². The summed E-state index contributed by atoms with van der Waals surface area (Å²) in [6.07, 6.45) is 4.91. The molecule has 0 bridgehead atoms. The number of hydrogen-bond donors (Lipinski definition) is 0. The average Bonchev–Trinajstić information content (AvgIpc) is 1.97. The summed E-state index contributed by atoms with van der Waals surface area (Å²) in [6, 6.07) is 0. The fourth-order valence-electron chi connectivity index (χ4n) is 0.835.